The zero-order chi connectivity index (χ0) is 13.0. The van der Waals surface area contributed by atoms with Gasteiger partial charge < -0.3 is 11.1 Å². The van der Waals surface area contributed by atoms with Crippen LogP contribution in [0.3, 0.4) is 0 Å². The van der Waals surface area contributed by atoms with E-state index in [1.54, 1.807) is 11.0 Å². The van der Waals surface area contributed by atoms with Gasteiger partial charge in [0.2, 0.25) is 5.91 Å². The van der Waals surface area contributed by atoms with E-state index in [4.69, 9.17) is 5.73 Å². The van der Waals surface area contributed by atoms with Crippen molar-refractivity contribution in [2.45, 2.75) is 44.7 Å². The van der Waals surface area contributed by atoms with E-state index in [2.05, 4.69) is 15.4 Å². The fourth-order valence-electron chi connectivity index (χ4n) is 2.52. The molecule has 1 aliphatic carbocycles. The van der Waals surface area contributed by atoms with E-state index in [1.165, 1.54) is 19.2 Å². The molecule has 1 saturated carbocycles. The second kappa shape index (κ2) is 5.95. The summed E-state index contributed by atoms with van der Waals surface area (Å²) in [4.78, 5) is 16.0. The lowest BCUT2D eigenvalue weighted by Gasteiger charge is -2.32. The molecule has 6 nitrogen and oxygen atoms in total. The number of aromatic nitrogens is 3. The number of hydrogen-bond donors (Lipinski definition) is 2. The van der Waals surface area contributed by atoms with Crippen molar-refractivity contribution in [3.63, 3.8) is 0 Å². The minimum atomic E-state index is -0.326. The highest BCUT2D eigenvalue weighted by Crippen LogP contribution is 2.23. The van der Waals surface area contributed by atoms with Crippen molar-refractivity contribution in [2.24, 2.45) is 11.7 Å². The molecule has 2 rings (SSSR count). The molecule has 3 atom stereocenters. The maximum atomic E-state index is 12.1. The first kappa shape index (κ1) is 13.0. The number of hydrogen-bond acceptors (Lipinski definition) is 4. The molecule has 1 amide bonds. The molecule has 0 aliphatic heterocycles. The van der Waals surface area contributed by atoms with Gasteiger partial charge in [0, 0.05) is 6.04 Å². The highest BCUT2D eigenvalue weighted by Gasteiger charge is 2.27. The standard InChI is InChI=1S/C12H21N5O/c1-9(17-8-14-7-15-17)12(18)16-11-5-3-2-4-10(11)6-13/h7-11H,2-6,13H2,1H3,(H,16,18). The van der Waals surface area contributed by atoms with Crippen LogP contribution in [0.2, 0.25) is 0 Å². The average molecular weight is 251 g/mol. The van der Waals surface area contributed by atoms with Crippen LogP contribution < -0.4 is 11.1 Å². The molecule has 0 radical (unpaired) electrons. The van der Waals surface area contributed by atoms with Crippen molar-refractivity contribution >= 4 is 5.91 Å². The Morgan fingerprint density at radius 1 is 1.56 bits per heavy atom. The predicted octanol–water partition coefficient (Wildman–Crippen LogP) is 0.473. The lowest BCUT2D eigenvalue weighted by atomic mass is 9.84. The molecular weight excluding hydrogens is 230 g/mol. The summed E-state index contributed by atoms with van der Waals surface area (Å²) in [5.41, 5.74) is 5.76. The minimum Gasteiger partial charge on any atom is -0.351 e. The Balaban J connectivity index is 1.93. The number of rotatable bonds is 4. The van der Waals surface area contributed by atoms with Gasteiger partial charge in [-0.05, 0) is 32.2 Å². The summed E-state index contributed by atoms with van der Waals surface area (Å²) in [7, 11) is 0. The van der Waals surface area contributed by atoms with Gasteiger partial charge in [0.15, 0.2) is 0 Å². The van der Waals surface area contributed by atoms with Gasteiger partial charge in [-0.25, -0.2) is 9.67 Å². The van der Waals surface area contributed by atoms with E-state index in [9.17, 15) is 4.79 Å². The van der Waals surface area contributed by atoms with Gasteiger partial charge in [0.05, 0.1) is 0 Å². The molecule has 3 unspecified atom stereocenters. The van der Waals surface area contributed by atoms with E-state index >= 15 is 0 Å². The monoisotopic (exact) mass is 251 g/mol. The maximum absolute atomic E-state index is 12.1. The van der Waals surface area contributed by atoms with Crippen LogP contribution in [0.25, 0.3) is 0 Å². The first-order valence-electron chi connectivity index (χ1n) is 6.57. The molecular formula is C12H21N5O. The van der Waals surface area contributed by atoms with Gasteiger partial charge in [-0.15, -0.1) is 0 Å². The summed E-state index contributed by atoms with van der Waals surface area (Å²) in [5.74, 6) is 0.400. The second-order valence-electron chi connectivity index (χ2n) is 4.95. The van der Waals surface area contributed by atoms with Gasteiger partial charge in [0.25, 0.3) is 0 Å². The molecule has 0 bridgehead atoms. The highest BCUT2D eigenvalue weighted by atomic mass is 16.2. The molecule has 0 saturated heterocycles. The summed E-state index contributed by atoms with van der Waals surface area (Å²) in [6.07, 6.45) is 7.52. The van der Waals surface area contributed by atoms with E-state index in [0.29, 0.717) is 12.5 Å². The molecule has 0 aromatic carbocycles. The van der Waals surface area contributed by atoms with Crippen LogP contribution in [0.1, 0.15) is 38.6 Å². The Hall–Kier alpha value is -1.43. The molecule has 0 spiro atoms. The summed E-state index contributed by atoms with van der Waals surface area (Å²) in [6.45, 7) is 2.47. The number of nitrogens with two attached hydrogens (primary N) is 1. The van der Waals surface area contributed by atoms with Crippen molar-refractivity contribution in [3.8, 4) is 0 Å². The van der Waals surface area contributed by atoms with Gasteiger partial charge in [-0.3, -0.25) is 4.79 Å². The molecule has 6 heteroatoms. The third-order valence-corrected chi connectivity index (χ3v) is 3.75. The van der Waals surface area contributed by atoms with E-state index in [0.717, 1.165) is 12.8 Å². The highest BCUT2D eigenvalue weighted by molar-refractivity contribution is 5.80. The largest absolute Gasteiger partial charge is 0.351 e. The van der Waals surface area contributed by atoms with Crippen molar-refractivity contribution in [1.82, 2.24) is 20.1 Å². The average Bonchev–Trinajstić information content (AvgIpc) is 2.92. The van der Waals surface area contributed by atoms with Crippen LogP contribution in [0.4, 0.5) is 0 Å². The van der Waals surface area contributed by atoms with Crippen LogP contribution in [-0.4, -0.2) is 33.3 Å². The molecule has 3 N–H and O–H groups in total. The lowest BCUT2D eigenvalue weighted by Crippen LogP contribution is -2.46. The van der Waals surface area contributed by atoms with E-state index in [-0.39, 0.29) is 18.0 Å². The fourth-order valence-corrected chi connectivity index (χ4v) is 2.52. The van der Waals surface area contributed by atoms with Gasteiger partial charge in [0.1, 0.15) is 18.7 Å². The Bertz CT molecular complexity index is 378. The van der Waals surface area contributed by atoms with Crippen LogP contribution in [0, 0.1) is 5.92 Å². The summed E-state index contributed by atoms with van der Waals surface area (Å²) >= 11 is 0. The first-order chi connectivity index (χ1) is 8.72. The predicted molar refractivity (Wildman–Crippen MR) is 67.7 cm³/mol. The third-order valence-electron chi connectivity index (χ3n) is 3.75. The number of nitrogens with zero attached hydrogens (tertiary/aromatic N) is 3. The molecule has 18 heavy (non-hydrogen) atoms. The third kappa shape index (κ3) is 2.87. The van der Waals surface area contributed by atoms with E-state index < -0.39 is 0 Å². The van der Waals surface area contributed by atoms with Crippen molar-refractivity contribution in [3.05, 3.63) is 12.7 Å². The quantitative estimate of drug-likeness (QED) is 0.814. The fraction of sp³-hybridized carbons (Fsp3) is 0.750. The van der Waals surface area contributed by atoms with Gasteiger partial charge >= 0.3 is 0 Å². The number of nitrogens with one attached hydrogen (secondary N) is 1. The Morgan fingerprint density at radius 2 is 2.33 bits per heavy atom. The normalized spacial score (nSPS) is 25.7. The van der Waals surface area contributed by atoms with E-state index in [1.807, 2.05) is 6.92 Å². The van der Waals surface area contributed by atoms with Gasteiger partial charge in [-0.2, -0.15) is 5.10 Å². The number of amides is 1. The van der Waals surface area contributed by atoms with Crippen molar-refractivity contribution in [1.29, 1.82) is 0 Å². The molecule has 1 aromatic rings. The zero-order valence-electron chi connectivity index (χ0n) is 10.7. The smallest absolute Gasteiger partial charge is 0.244 e. The Morgan fingerprint density at radius 3 is 3.00 bits per heavy atom. The Kier molecular flexibility index (Phi) is 4.30. The molecule has 1 heterocycles. The van der Waals surface area contributed by atoms with Crippen LogP contribution >= 0.6 is 0 Å². The molecule has 1 aromatic heterocycles. The topological polar surface area (TPSA) is 85.8 Å². The minimum absolute atomic E-state index is 0.00847. The Labute approximate surface area is 107 Å². The number of carbonyl (C=O) groups is 1. The zero-order valence-corrected chi connectivity index (χ0v) is 10.7. The second-order valence-corrected chi connectivity index (χ2v) is 4.95. The maximum Gasteiger partial charge on any atom is 0.244 e. The molecule has 1 fully saturated rings. The number of carbonyl (C=O) groups excluding carboxylic acids is 1. The van der Waals surface area contributed by atoms with Gasteiger partial charge in [-0.1, -0.05) is 12.8 Å². The van der Waals surface area contributed by atoms with Crippen LogP contribution in [0.5, 0.6) is 0 Å². The lowest BCUT2D eigenvalue weighted by molar-refractivity contribution is -0.125. The first-order valence-corrected chi connectivity index (χ1v) is 6.57. The summed E-state index contributed by atoms with van der Waals surface area (Å²) in [6, 6.07) is -0.116. The summed E-state index contributed by atoms with van der Waals surface area (Å²) < 4.78 is 1.57. The molecule has 100 valence electrons. The van der Waals surface area contributed by atoms with Crippen LogP contribution in [0.15, 0.2) is 12.7 Å². The van der Waals surface area contributed by atoms with Crippen molar-refractivity contribution < 1.29 is 4.79 Å². The molecule has 1 aliphatic rings. The van der Waals surface area contributed by atoms with Crippen LogP contribution in [-0.2, 0) is 4.79 Å². The summed E-state index contributed by atoms with van der Waals surface area (Å²) in [5, 5.41) is 7.09. The van der Waals surface area contributed by atoms with Crippen molar-refractivity contribution in [2.75, 3.05) is 6.54 Å². The SMILES string of the molecule is CC(C(=O)NC1CCCCC1CN)n1cncn1.